The van der Waals surface area contributed by atoms with E-state index >= 15 is 0 Å². The van der Waals surface area contributed by atoms with E-state index in [4.69, 9.17) is 4.52 Å². The maximum absolute atomic E-state index is 12.5. The molecule has 7 heteroatoms. The number of nitrogens with one attached hydrogen (secondary N) is 1. The third kappa shape index (κ3) is 3.08. The van der Waals surface area contributed by atoms with Gasteiger partial charge in [0.15, 0.2) is 5.69 Å². The number of anilines is 1. The van der Waals surface area contributed by atoms with Gasteiger partial charge in [-0.05, 0) is 25.0 Å². The molecule has 0 unspecified atom stereocenters. The first-order chi connectivity index (χ1) is 12.1. The van der Waals surface area contributed by atoms with Crippen molar-refractivity contribution in [1.29, 1.82) is 0 Å². The molecule has 0 atom stereocenters. The molecule has 2 aromatic heterocycles. The van der Waals surface area contributed by atoms with Gasteiger partial charge in [-0.3, -0.25) is 9.59 Å². The highest BCUT2D eigenvalue weighted by Crippen LogP contribution is 2.40. The third-order valence-corrected chi connectivity index (χ3v) is 4.15. The summed E-state index contributed by atoms with van der Waals surface area (Å²) >= 11 is 0. The summed E-state index contributed by atoms with van der Waals surface area (Å²) in [6, 6.07) is 12.1. The van der Waals surface area contributed by atoms with Crippen molar-refractivity contribution in [3.63, 3.8) is 0 Å². The summed E-state index contributed by atoms with van der Waals surface area (Å²) < 4.78 is 6.49. The van der Waals surface area contributed by atoms with Gasteiger partial charge in [-0.1, -0.05) is 23.4 Å². The summed E-state index contributed by atoms with van der Waals surface area (Å²) in [7, 11) is 1.59. The average molecular weight is 336 g/mol. The van der Waals surface area contributed by atoms with Gasteiger partial charge in [0.25, 0.3) is 11.5 Å². The number of carbonyl (C=O) groups is 1. The van der Waals surface area contributed by atoms with Gasteiger partial charge < -0.3 is 9.84 Å². The van der Waals surface area contributed by atoms with Gasteiger partial charge in [0.1, 0.15) is 5.76 Å². The number of rotatable bonds is 4. The van der Waals surface area contributed by atoms with Gasteiger partial charge in [-0.2, -0.15) is 5.10 Å². The van der Waals surface area contributed by atoms with E-state index in [-0.39, 0.29) is 17.2 Å². The van der Waals surface area contributed by atoms with Crippen molar-refractivity contribution in [1.82, 2.24) is 14.9 Å². The molecule has 1 N–H and O–H groups in total. The molecule has 0 aliphatic heterocycles. The van der Waals surface area contributed by atoms with Crippen LogP contribution < -0.4 is 10.9 Å². The minimum atomic E-state index is -0.340. The molecule has 25 heavy (non-hydrogen) atoms. The normalized spacial score (nSPS) is 13.6. The fourth-order valence-electron chi connectivity index (χ4n) is 2.60. The molecule has 1 aliphatic rings. The lowest BCUT2D eigenvalue weighted by Crippen LogP contribution is -2.18. The molecule has 0 spiro atoms. The number of hydrogen-bond donors (Lipinski definition) is 1. The van der Waals surface area contributed by atoms with Crippen molar-refractivity contribution in [2.75, 3.05) is 5.32 Å². The highest BCUT2D eigenvalue weighted by Gasteiger charge is 2.29. The Labute approximate surface area is 143 Å². The summed E-state index contributed by atoms with van der Waals surface area (Å²) in [6.07, 6.45) is 2.16. The zero-order chi connectivity index (χ0) is 17.4. The van der Waals surface area contributed by atoms with Crippen LogP contribution in [-0.2, 0) is 7.05 Å². The Kier molecular flexibility index (Phi) is 3.68. The lowest BCUT2D eigenvalue weighted by atomic mass is 10.1. The number of para-hydroxylation sites is 1. The molecule has 1 aromatic carbocycles. The molecule has 126 valence electrons. The fourth-order valence-corrected chi connectivity index (χ4v) is 2.60. The molecule has 4 rings (SSSR count). The Morgan fingerprint density at radius 1 is 1.24 bits per heavy atom. The Bertz CT molecular complexity index is 1000. The predicted molar refractivity (Wildman–Crippen MR) is 91.3 cm³/mol. The van der Waals surface area contributed by atoms with Crippen LogP contribution in [0.5, 0.6) is 0 Å². The highest BCUT2D eigenvalue weighted by molar-refractivity contribution is 6.04. The van der Waals surface area contributed by atoms with Crippen LogP contribution in [0.15, 0.2) is 51.8 Å². The second-order valence-electron chi connectivity index (χ2n) is 6.07. The third-order valence-electron chi connectivity index (χ3n) is 4.15. The molecular formula is C18H16N4O3. The van der Waals surface area contributed by atoms with Crippen molar-refractivity contribution in [2.24, 2.45) is 7.05 Å². The molecule has 1 aliphatic carbocycles. The van der Waals surface area contributed by atoms with E-state index in [0.717, 1.165) is 24.2 Å². The summed E-state index contributed by atoms with van der Waals surface area (Å²) in [4.78, 5) is 24.0. The first-order valence-corrected chi connectivity index (χ1v) is 8.03. The smallest absolute Gasteiger partial charge is 0.277 e. The number of amides is 1. The maximum Gasteiger partial charge on any atom is 0.277 e. The van der Waals surface area contributed by atoms with E-state index in [2.05, 4.69) is 15.6 Å². The SMILES string of the molecule is Cn1nc(-c2ccccc2NC(=O)c2cc(C3CC3)on2)ccc1=O. The van der Waals surface area contributed by atoms with Crippen molar-refractivity contribution >= 4 is 11.6 Å². The molecule has 1 fully saturated rings. The number of aryl methyl sites for hydroxylation is 1. The second-order valence-corrected chi connectivity index (χ2v) is 6.07. The first-order valence-electron chi connectivity index (χ1n) is 8.03. The minimum Gasteiger partial charge on any atom is -0.360 e. The van der Waals surface area contributed by atoms with Gasteiger partial charge in [-0.15, -0.1) is 0 Å². The van der Waals surface area contributed by atoms with Crippen LogP contribution in [0.1, 0.15) is 35.0 Å². The minimum absolute atomic E-state index is 0.194. The van der Waals surface area contributed by atoms with E-state index in [1.165, 1.54) is 10.7 Å². The Morgan fingerprint density at radius 3 is 2.80 bits per heavy atom. The van der Waals surface area contributed by atoms with Crippen LogP contribution in [0.3, 0.4) is 0 Å². The van der Waals surface area contributed by atoms with Gasteiger partial charge in [-0.25, -0.2) is 4.68 Å². The maximum atomic E-state index is 12.5. The number of nitrogens with zero attached hydrogens (tertiary/aromatic N) is 3. The summed E-state index contributed by atoms with van der Waals surface area (Å²) in [5.41, 5.74) is 1.97. The van der Waals surface area contributed by atoms with Gasteiger partial charge >= 0.3 is 0 Å². The number of hydrogen-bond acceptors (Lipinski definition) is 5. The summed E-state index contributed by atoms with van der Waals surface area (Å²) in [5.74, 6) is 0.822. The van der Waals surface area contributed by atoms with E-state index in [1.807, 2.05) is 18.2 Å². The Hall–Kier alpha value is -3.22. The van der Waals surface area contributed by atoms with Crippen molar-refractivity contribution in [3.05, 3.63) is 64.3 Å². The average Bonchev–Trinajstić information content (AvgIpc) is 3.34. The van der Waals surface area contributed by atoms with E-state index in [0.29, 0.717) is 17.3 Å². The molecule has 0 radical (unpaired) electrons. The van der Waals surface area contributed by atoms with Crippen LogP contribution in [-0.4, -0.2) is 20.8 Å². The second kappa shape index (κ2) is 6.01. The molecular weight excluding hydrogens is 320 g/mol. The fraction of sp³-hybridized carbons (Fsp3) is 0.222. The Balaban J connectivity index is 1.62. The quantitative estimate of drug-likeness (QED) is 0.791. The summed E-state index contributed by atoms with van der Waals surface area (Å²) in [6.45, 7) is 0. The van der Waals surface area contributed by atoms with E-state index in [9.17, 15) is 9.59 Å². The van der Waals surface area contributed by atoms with Crippen LogP contribution in [0.2, 0.25) is 0 Å². The first kappa shape index (κ1) is 15.3. The van der Waals surface area contributed by atoms with Gasteiger partial charge in [0.05, 0.1) is 11.4 Å². The molecule has 3 aromatic rings. The molecule has 0 bridgehead atoms. The Morgan fingerprint density at radius 2 is 2.04 bits per heavy atom. The lowest BCUT2D eigenvalue weighted by molar-refractivity contribution is 0.101. The van der Waals surface area contributed by atoms with E-state index < -0.39 is 0 Å². The van der Waals surface area contributed by atoms with Crippen molar-refractivity contribution in [3.8, 4) is 11.3 Å². The number of aromatic nitrogens is 3. The summed E-state index contributed by atoms with van der Waals surface area (Å²) in [5, 5.41) is 10.9. The zero-order valence-corrected chi connectivity index (χ0v) is 13.6. The topological polar surface area (TPSA) is 90.0 Å². The van der Waals surface area contributed by atoms with Crippen LogP contribution in [0.4, 0.5) is 5.69 Å². The van der Waals surface area contributed by atoms with Gasteiger partial charge in [0.2, 0.25) is 0 Å². The largest absolute Gasteiger partial charge is 0.360 e. The molecule has 7 nitrogen and oxygen atoms in total. The molecule has 0 saturated heterocycles. The lowest BCUT2D eigenvalue weighted by Gasteiger charge is -2.10. The highest BCUT2D eigenvalue weighted by atomic mass is 16.5. The molecule has 1 saturated carbocycles. The van der Waals surface area contributed by atoms with Gasteiger partial charge in [0, 0.05) is 30.7 Å². The zero-order valence-electron chi connectivity index (χ0n) is 13.6. The van der Waals surface area contributed by atoms with Crippen LogP contribution in [0.25, 0.3) is 11.3 Å². The van der Waals surface area contributed by atoms with Crippen molar-refractivity contribution < 1.29 is 9.32 Å². The van der Waals surface area contributed by atoms with Crippen LogP contribution in [0, 0.1) is 0 Å². The molecule has 1 amide bonds. The standard InChI is InChI=1S/C18H16N4O3/c1-22-17(23)9-8-14(20-22)12-4-2-3-5-13(12)19-18(24)15-10-16(25-21-15)11-6-7-11/h2-5,8-11H,6-7H2,1H3,(H,19,24). The van der Waals surface area contributed by atoms with E-state index in [1.54, 1.807) is 25.2 Å². The van der Waals surface area contributed by atoms with Crippen molar-refractivity contribution in [2.45, 2.75) is 18.8 Å². The number of carbonyl (C=O) groups excluding carboxylic acids is 1. The monoisotopic (exact) mass is 336 g/mol. The number of benzene rings is 1. The molecule has 2 heterocycles. The van der Waals surface area contributed by atoms with Crippen LogP contribution >= 0.6 is 0 Å². The predicted octanol–water partition coefficient (Wildman–Crippen LogP) is 2.57.